The maximum atomic E-state index is 13.8. The second-order valence-corrected chi connectivity index (χ2v) is 7.12. The standard InChI is InChI=1S/C17H16ClFN2O3S/c1-2-24-16(23)9-6-7-12-13(8-9)25-17(20-12)21-15(22)14-10(18)4-3-5-11(14)19/h3-5,9H,2,6-8H2,1H3,(H,20,21,22). The number of aromatic nitrogens is 1. The van der Waals surface area contributed by atoms with Gasteiger partial charge in [-0.2, -0.15) is 0 Å². The van der Waals surface area contributed by atoms with Gasteiger partial charge in [0.1, 0.15) is 5.82 Å². The van der Waals surface area contributed by atoms with Gasteiger partial charge in [-0.1, -0.05) is 17.7 Å². The highest BCUT2D eigenvalue weighted by atomic mass is 35.5. The van der Waals surface area contributed by atoms with E-state index in [-0.39, 0.29) is 22.5 Å². The SMILES string of the molecule is CCOC(=O)C1CCc2nc(NC(=O)c3c(F)cccc3Cl)sc2C1. The van der Waals surface area contributed by atoms with E-state index in [1.165, 1.54) is 29.5 Å². The maximum absolute atomic E-state index is 13.8. The minimum Gasteiger partial charge on any atom is -0.466 e. The molecule has 1 unspecified atom stereocenters. The Kier molecular flexibility index (Phi) is 5.34. The lowest BCUT2D eigenvalue weighted by Crippen LogP contribution is -2.24. The summed E-state index contributed by atoms with van der Waals surface area (Å²) < 4.78 is 18.9. The molecule has 0 saturated carbocycles. The number of nitrogens with zero attached hydrogens (tertiary/aromatic N) is 1. The third-order valence-electron chi connectivity index (χ3n) is 3.97. The largest absolute Gasteiger partial charge is 0.466 e. The molecule has 0 saturated heterocycles. The number of hydrogen-bond donors (Lipinski definition) is 1. The van der Waals surface area contributed by atoms with E-state index in [1.807, 2.05) is 0 Å². The highest BCUT2D eigenvalue weighted by Gasteiger charge is 2.29. The number of benzene rings is 1. The van der Waals surface area contributed by atoms with Crippen LogP contribution in [0.3, 0.4) is 0 Å². The van der Waals surface area contributed by atoms with Crippen molar-refractivity contribution in [1.82, 2.24) is 4.98 Å². The summed E-state index contributed by atoms with van der Waals surface area (Å²) in [4.78, 5) is 29.5. The molecule has 2 aromatic rings. The van der Waals surface area contributed by atoms with Crippen LogP contribution in [0.25, 0.3) is 0 Å². The summed E-state index contributed by atoms with van der Waals surface area (Å²) in [6.45, 7) is 2.13. The molecule has 0 radical (unpaired) electrons. The number of aryl methyl sites for hydroxylation is 1. The maximum Gasteiger partial charge on any atom is 0.309 e. The normalized spacial score (nSPS) is 16.2. The van der Waals surface area contributed by atoms with Gasteiger partial charge >= 0.3 is 5.97 Å². The molecule has 1 aromatic carbocycles. The molecule has 3 rings (SSSR count). The smallest absolute Gasteiger partial charge is 0.309 e. The quantitative estimate of drug-likeness (QED) is 0.815. The fourth-order valence-corrected chi connectivity index (χ4v) is 4.10. The van der Waals surface area contributed by atoms with Crippen molar-refractivity contribution < 1.29 is 18.7 Å². The molecule has 0 spiro atoms. The molecule has 132 valence electrons. The van der Waals surface area contributed by atoms with Gasteiger partial charge in [0.05, 0.1) is 28.8 Å². The van der Waals surface area contributed by atoms with Gasteiger partial charge in [-0.05, 0) is 38.3 Å². The summed E-state index contributed by atoms with van der Waals surface area (Å²) in [6, 6.07) is 4.07. The molecule has 25 heavy (non-hydrogen) atoms. The second kappa shape index (κ2) is 7.49. The third-order valence-corrected chi connectivity index (χ3v) is 5.32. The van der Waals surface area contributed by atoms with Crippen LogP contribution in [0.4, 0.5) is 9.52 Å². The molecular formula is C17H16ClFN2O3S. The summed E-state index contributed by atoms with van der Waals surface area (Å²) in [5, 5.41) is 3.01. The molecule has 1 aliphatic carbocycles. The molecule has 1 amide bonds. The minimum atomic E-state index is -0.686. The van der Waals surface area contributed by atoms with E-state index >= 15 is 0 Å². The van der Waals surface area contributed by atoms with Crippen molar-refractivity contribution in [3.8, 4) is 0 Å². The molecule has 0 bridgehead atoms. The van der Waals surface area contributed by atoms with Crippen LogP contribution in [0, 0.1) is 11.7 Å². The number of esters is 1. The van der Waals surface area contributed by atoms with E-state index in [1.54, 1.807) is 6.92 Å². The first-order valence-corrected chi connectivity index (χ1v) is 9.09. The summed E-state index contributed by atoms with van der Waals surface area (Å²) in [6.07, 6.45) is 1.86. The van der Waals surface area contributed by atoms with Gasteiger partial charge < -0.3 is 4.74 Å². The Hall–Kier alpha value is -1.99. The zero-order valence-electron chi connectivity index (χ0n) is 13.5. The number of amides is 1. The van der Waals surface area contributed by atoms with Crippen molar-refractivity contribution in [3.05, 3.63) is 45.2 Å². The highest BCUT2D eigenvalue weighted by Crippen LogP contribution is 2.33. The van der Waals surface area contributed by atoms with Crippen LogP contribution in [0.2, 0.25) is 5.02 Å². The van der Waals surface area contributed by atoms with Crippen LogP contribution in [0.1, 0.15) is 34.3 Å². The lowest BCUT2D eigenvalue weighted by atomic mass is 9.91. The Balaban J connectivity index is 1.74. The average Bonchev–Trinajstić information content (AvgIpc) is 2.96. The Morgan fingerprint density at radius 1 is 1.48 bits per heavy atom. The van der Waals surface area contributed by atoms with Crippen LogP contribution in [-0.4, -0.2) is 23.5 Å². The van der Waals surface area contributed by atoms with Gasteiger partial charge in [-0.25, -0.2) is 9.37 Å². The monoisotopic (exact) mass is 382 g/mol. The van der Waals surface area contributed by atoms with Crippen LogP contribution < -0.4 is 5.32 Å². The number of ether oxygens (including phenoxy) is 1. The van der Waals surface area contributed by atoms with E-state index in [9.17, 15) is 14.0 Å². The van der Waals surface area contributed by atoms with Gasteiger partial charge in [0.25, 0.3) is 5.91 Å². The van der Waals surface area contributed by atoms with Gasteiger partial charge in [0, 0.05) is 4.88 Å². The fraction of sp³-hybridized carbons (Fsp3) is 0.353. The summed E-state index contributed by atoms with van der Waals surface area (Å²) in [5.41, 5.74) is 0.655. The van der Waals surface area contributed by atoms with Crippen LogP contribution in [0.15, 0.2) is 18.2 Å². The number of thiazole rings is 1. The zero-order chi connectivity index (χ0) is 18.0. The number of anilines is 1. The van der Waals surface area contributed by atoms with E-state index in [4.69, 9.17) is 16.3 Å². The summed E-state index contributed by atoms with van der Waals surface area (Å²) in [5.74, 6) is -1.72. The van der Waals surface area contributed by atoms with Crippen LogP contribution >= 0.6 is 22.9 Å². The number of nitrogens with one attached hydrogen (secondary N) is 1. The molecule has 1 aliphatic rings. The highest BCUT2D eigenvalue weighted by molar-refractivity contribution is 7.15. The zero-order valence-corrected chi connectivity index (χ0v) is 15.0. The van der Waals surface area contributed by atoms with Crippen molar-refractivity contribution in [3.63, 3.8) is 0 Å². The number of carbonyl (C=O) groups is 2. The number of rotatable bonds is 4. The van der Waals surface area contributed by atoms with Crippen LogP contribution in [-0.2, 0) is 22.4 Å². The summed E-state index contributed by atoms with van der Waals surface area (Å²) >= 11 is 7.20. The lowest BCUT2D eigenvalue weighted by molar-refractivity contribution is -0.148. The Labute approximate surface area is 153 Å². The third kappa shape index (κ3) is 3.82. The topological polar surface area (TPSA) is 68.3 Å². The number of fused-ring (bicyclic) bond motifs is 1. The Morgan fingerprint density at radius 2 is 2.28 bits per heavy atom. The second-order valence-electron chi connectivity index (χ2n) is 5.63. The van der Waals surface area contributed by atoms with E-state index < -0.39 is 11.7 Å². The van der Waals surface area contributed by atoms with Gasteiger partial charge in [0.15, 0.2) is 5.13 Å². The minimum absolute atomic E-state index is 0.0428. The van der Waals surface area contributed by atoms with Crippen LogP contribution in [0.5, 0.6) is 0 Å². The van der Waals surface area contributed by atoms with Crippen molar-refractivity contribution in [2.24, 2.45) is 5.92 Å². The molecule has 8 heteroatoms. The van der Waals surface area contributed by atoms with E-state index in [0.717, 1.165) is 10.6 Å². The van der Waals surface area contributed by atoms with Crippen molar-refractivity contribution in [2.75, 3.05) is 11.9 Å². The van der Waals surface area contributed by atoms with Crippen molar-refractivity contribution >= 4 is 39.9 Å². The molecular weight excluding hydrogens is 367 g/mol. The van der Waals surface area contributed by atoms with E-state index in [0.29, 0.717) is 31.0 Å². The molecule has 5 nitrogen and oxygen atoms in total. The first-order valence-electron chi connectivity index (χ1n) is 7.90. The van der Waals surface area contributed by atoms with Crippen molar-refractivity contribution in [2.45, 2.75) is 26.2 Å². The van der Waals surface area contributed by atoms with Gasteiger partial charge in [-0.15, -0.1) is 11.3 Å². The first kappa shape index (κ1) is 17.8. The molecule has 0 fully saturated rings. The van der Waals surface area contributed by atoms with Crippen molar-refractivity contribution in [1.29, 1.82) is 0 Å². The predicted octanol–water partition coefficient (Wildman–Crippen LogP) is 3.86. The van der Waals surface area contributed by atoms with E-state index in [2.05, 4.69) is 10.3 Å². The Morgan fingerprint density at radius 3 is 3.00 bits per heavy atom. The lowest BCUT2D eigenvalue weighted by Gasteiger charge is -2.18. The Bertz CT molecular complexity index is 804. The molecule has 1 aromatic heterocycles. The number of halogens is 2. The summed E-state index contributed by atoms with van der Waals surface area (Å²) in [7, 11) is 0. The number of carbonyl (C=O) groups excluding carboxylic acids is 2. The first-order chi connectivity index (χ1) is 12.0. The fourth-order valence-electron chi connectivity index (χ4n) is 2.76. The molecule has 1 atom stereocenters. The predicted molar refractivity (Wildman–Crippen MR) is 93.6 cm³/mol. The van der Waals surface area contributed by atoms with Gasteiger partial charge in [-0.3, -0.25) is 14.9 Å². The average molecular weight is 383 g/mol. The molecule has 1 heterocycles. The molecule has 0 aliphatic heterocycles. The number of hydrogen-bond acceptors (Lipinski definition) is 5. The molecule has 1 N–H and O–H groups in total. The van der Waals surface area contributed by atoms with Gasteiger partial charge in [0.2, 0.25) is 0 Å².